The van der Waals surface area contributed by atoms with Crippen molar-refractivity contribution in [2.75, 3.05) is 6.61 Å². The van der Waals surface area contributed by atoms with Crippen LogP contribution in [0, 0.1) is 0 Å². The van der Waals surface area contributed by atoms with E-state index in [1.165, 1.54) is 0 Å². The number of aliphatic imine (C=N–C) groups is 1. The first-order chi connectivity index (χ1) is 10.8. The Morgan fingerprint density at radius 3 is 2.50 bits per heavy atom. The molecule has 1 aliphatic heterocycles. The van der Waals surface area contributed by atoms with E-state index in [2.05, 4.69) is 23.2 Å². The fourth-order valence-electron chi connectivity index (χ4n) is 2.75. The zero-order valence-corrected chi connectivity index (χ0v) is 11.8. The molecule has 0 radical (unpaired) electrons. The summed E-state index contributed by atoms with van der Waals surface area (Å²) in [5, 5.41) is 2.26. The maximum absolute atomic E-state index is 12.1. The Hall–Kier alpha value is -2.94. The number of hydrogen-bond donors (Lipinski definition) is 0. The topological polar surface area (TPSA) is 38.7 Å². The molecule has 0 aliphatic carbocycles. The molecule has 0 spiro atoms. The molecule has 106 valence electrons. The molecule has 0 saturated heterocycles. The number of esters is 1. The molecule has 0 amide bonds. The summed E-state index contributed by atoms with van der Waals surface area (Å²) < 4.78 is 5.38. The van der Waals surface area contributed by atoms with Gasteiger partial charge in [-0.15, -0.1) is 0 Å². The van der Waals surface area contributed by atoms with Crippen molar-refractivity contribution < 1.29 is 9.53 Å². The fourth-order valence-corrected chi connectivity index (χ4v) is 2.75. The lowest BCUT2D eigenvalue weighted by molar-refractivity contribution is 0.0568. The van der Waals surface area contributed by atoms with Gasteiger partial charge in [0, 0.05) is 5.56 Å². The number of benzene rings is 3. The van der Waals surface area contributed by atoms with E-state index >= 15 is 0 Å². The second-order valence-electron chi connectivity index (χ2n) is 5.18. The first-order valence-electron chi connectivity index (χ1n) is 7.15. The summed E-state index contributed by atoms with van der Waals surface area (Å²) in [4.78, 5) is 16.7. The molecule has 0 fully saturated rings. The van der Waals surface area contributed by atoms with Gasteiger partial charge in [0.25, 0.3) is 0 Å². The first kappa shape index (κ1) is 12.8. The number of carbonyl (C=O) groups is 1. The van der Waals surface area contributed by atoms with Gasteiger partial charge in [-0.2, -0.15) is 0 Å². The van der Waals surface area contributed by atoms with Gasteiger partial charge in [-0.25, -0.2) is 9.79 Å². The maximum Gasteiger partial charge on any atom is 0.340 e. The molecule has 0 unspecified atom stereocenters. The van der Waals surface area contributed by atoms with Crippen LogP contribution in [0.5, 0.6) is 0 Å². The van der Waals surface area contributed by atoms with Crippen LogP contribution in [0.2, 0.25) is 0 Å². The van der Waals surface area contributed by atoms with Gasteiger partial charge in [-0.05, 0) is 22.9 Å². The molecule has 22 heavy (non-hydrogen) atoms. The number of para-hydroxylation sites is 1. The number of hydrogen-bond acceptors (Lipinski definition) is 3. The Morgan fingerprint density at radius 1 is 0.818 bits per heavy atom. The van der Waals surface area contributed by atoms with E-state index in [0.29, 0.717) is 11.3 Å². The molecule has 1 heterocycles. The van der Waals surface area contributed by atoms with Gasteiger partial charge in [-0.1, -0.05) is 54.6 Å². The highest BCUT2D eigenvalue weighted by molar-refractivity contribution is 6.14. The van der Waals surface area contributed by atoms with Crippen molar-refractivity contribution in [1.82, 2.24) is 0 Å². The quantitative estimate of drug-likeness (QED) is 0.631. The van der Waals surface area contributed by atoms with Crippen molar-refractivity contribution in [3.8, 4) is 0 Å². The monoisotopic (exact) mass is 287 g/mol. The molecule has 3 heteroatoms. The molecule has 4 rings (SSSR count). The number of fused-ring (bicyclic) bond motifs is 2. The molecule has 0 atom stereocenters. The van der Waals surface area contributed by atoms with Gasteiger partial charge in [0.1, 0.15) is 6.61 Å². The summed E-state index contributed by atoms with van der Waals surface area (Å²) in [6.45, 7) is 0.182. The first-order valence-corrected chi connectivity index (χ1v) is 7.15. The van der Waals surface area contributed by atoms with E-state index in [-0.39, 0.29) is 12.6 Å². The SMILES string of the molecule is O=C1OCC(c2cccc3ccccc23)=Nc2ccccc21. The lowest BCUT2D eigenvalue weighted by atomic mass is 10.0. The van der Waals surface area contributed by atoms with Crippen LogP contribution in [0.3, 0.4) is 0 Å². The molecule has 1 aliphatic rings. The van der Waals surface area contributed by atoms with E-state index in [4.69, 9.17) is 4.74 Å². The molecule has 3 aromatic rings. The van der Waals surface area contributed by atoms with E-state index in [9.17, 15) is 4.79 Å². The number of nitrogens with zero attached hydrogens (tertiary/aromatic N) is 1. The smallest absolute Gasteiger partial charge is 0.340 e. The van der Waals surface area contributed by atoms with Crippen molar-refractivity contribution in [3.05, 3.63) is 77.9 Å². The predicted molar refractivity (Wildman–Crippen MR) is 86.9 cm³/mol. The van der Waals surface area contributed by atoms with Crippen LogP contribution in [0.4, 0.5) is 5.69 Å². The molecule has 0 bridgehead atoms. The summed E-state index contributed by atoms with van der Waals surface area (Å²) in [7, 11) is 0. The van der Waals surface area contributed by atoms with Crippen LogP contribution >= 0.6 is 0 Å². The van der Waals surface area contributed by atoms with Crippen LogP contribution in [0.25, 0.3) is 10.8 Å². The Labute approximate surface area is 127 Å². The molecule has 0 saturated carbocycles. The third-order valence-corrected chi connectivity index (χ3v) is 3.82. The second-order valence-corrected chi connectivity index (χ2v) is 5.18. The molecule has 3 aromatic carbocycles. The van der Waals surface area contributed by atoms with E-state index in [1.54, 1.807) is 6.07 Å². The minimum absolute atomic E-state index is 0.182. The van der Waals surface area contributed by atoms with Gasteiger partial charge in [-0.3, -0.25) is 0 Å². The minimum Gasteiger partial charge on any atom is -0.455 e. The number of carbonyl (C=O) groups excluding carboxylic acids is 1. The van der Waals surface area contributed by atoms with Crippen LogP contribution in [0.1, 0.15) is 15.9 Å². The molecule has 0 aromatic heterocycles. The van der Waals surface area contributed by atoms with Gasteiger partial charge in [0.15, 0.2) is 0 Å². The van der Waals surface area contributed by atoms with E-state index in [0.717, 1.165) is 22.0 Å². The fraction of sp³-hybridized carbons (Fsp3) is 0.0526. The molecule has 0 N–H and O–H groups in total. The van der Waals surface area contributed by atoms with Crippen LogP contribution in [0.15, 0.2) is 71.7 Å². The Bertz CT molecular complexity index is 907. The largest absolute Gasteiger partial charge is 0.455 e. The van der Waals surface area contributed by atoms with E-state index < -0.39 is 0 Å². The summed E-state index contributed by atoms with van der Waals surface area (Å²) in [6.07, 6.45) is 0. The number of rotatable bonds is 1. The summed E-state index contributed by atoms with van der Waals surface area (Å²) >= 11 is 0. The third kappa shape index (κ3) is 2.07. The van der Waals surface area contributed by atoms with E-state index in [1.807, 2.05) is 42.5 Å². The molecular formula is C19H13NO2. The summed E-state index contributed by atoms with van der Waals surface area (Å²) in [5.74, 6) is -0.324. The third-order valence-electron chi connectivity index (χ3n) is 3.82. The van der Waals surface area contributed by atoms with Crippen molar-refractivity contribution in [2.45, 2.75) is 0 Å². The summed E-state index contributed by atoms with van der Waals surface area (Å²) in [5.41, 5.74) is 2.95. The average Bonchev–Trinajstić information content (AvgIpc) is 2.74. The van der Waals surface area contributed by atoms with Crippen molar-refractivity contribution >= 4 is 28.1 Å². The average molecular weight is 287 g/mol. The summed E-state index contributed by atoms with van der Waals surface area (Å²) in [6, 6.07) is 21.5. The highest BCUT2D eigenvalue weighted by atomic mass is 16.5. The Kier molecular flexibility index (Phi) is 2.97. The lowest BCUT2D eigenvalue weighted by Crippen LogP contribution is -2.12. The van der Waals surface area contributed by atoms with Crippen molar-refractivity contribution in [2.24, 2.45) is 4.99 Å². The highest BCUT2D eigenvalue weighted by Gasteiger charge is 2.19. The van der Waals surface area contributed by atoms with Crippen molar-refractivity contribution in [1.29, 1.82) is 0 Å². The van der Waals surface area contributed by atoms with Crippen molar-refractivity contribution in [3.63, 3.8) is 0 Å². The minimum atomic E-state index is -0.324. The normalized spacial score (nSPS) is 14.0. The Morgan fingerprint density at radius 2 is 1.55 bits per heavy atom. The van der Waals surface area contributed by atoms with Gasteiger partial charge < -0.3 is 4.74 Å². The molecule has 3 nitrogen and oxygen atoms in total. The Balaban J connectivity index is 1.92. The standard InChI is InChI=1S/C19H13NO2/c21-19-16-9-3-4-11-17(16)20-18(12-22-19)15-10-5-7-13-6-1-2-8-14(13)15/h1-11H,12H2. The predicted octanol–water partition coefficient (Wildman–Crippen LogP) is 4.13. The number of ether oxygens (including phenoxy) is 1. The zero-order chi connectivity index (χ0) is 14.9. The van der Waals surface area contributed by atoms with Gasteiger partial charge >= 0.3 is 5.97 Å². The highest BCUT2D eigenvalue weighted by Crippen LogP contribution is 2.26. The van der Waals surface area contributed by atoms with Crippen LogP contribution in [-0.2, 0) is 4.74 Å². The second kappa shape index (κ2) is 5.11. The lowest BCUT2D eigenvalue weighted by Gasteiger charge is -2.08. The van der Waals surface area contributed by atoms with Crippen LogP contribution in [-0.4, -0.2) is 18.3 Å². The zero-order valence-electron chi connectivity index (χ0n) is 11.8. The van der Waals surface area contributed by atoms with Gasteiger partial charge in [0.2, 0.25) is 0 Å². The van der Waals surface area contributed by atoms with Crippen LogP contribution < -0.4 is 0 Å². The maximum atomic E-state index is 12.1. The van der Waals surface area contributed by atoms with Gasteiger partial charge in [0.05, 0.1) is 17.0 Å². The number of cyclic esters (lactones) is 1. The molecular weight excluding hydrogens is 274 g/mol.